The molecule has 0 aliphatic carbocycles. The average molecular weight is 192 g/mol. The Bertz CT molecular complexity index is 321. The molecule has 0 heterocycles. The summed E-state index contributed by atoms with van der Waals surface area (Å²) >= 11 is 0. The van der Waals surface area contributed by atoms with Crippen molar-refractivity contribution in [3.05, 3.63) is 34.9 Å². The number of nitrogens with two attached hydrogens (primary N) is 1. The van der Waals surface area contributed by atoms with Crippen molar-refractivity contribution in [2.45, 2.75) is 26.3 Å². The predicted molar refractivity (Wildman–Crippen MR) is 56.9 cm³/mol. The maximum absolute atomic E-state index is 10.7. The van der Waals surface area contributed by atoms with Crippen LogP contribution >= 0.6 is 0 Å². The number of hydrogen-bond acceptors (Lipinski definition) is 3. The molecule has 3 nitrogen and oxygen atoms in total. The van der Waals surface area contributed by atoms with Crippen LogP contribution in [0.25, 0.3) is 0 Å². The van der Waals surface area contributed by atoms with Gasteiger partial charge in [0.15, 0.2) is 0 Å². The summed E-state index contributed by atoms with van der Waals surface area (Å²) in [6.07, 6.45) is 0.858. The third kappa shape index (κ3) is 2.40. The highest BCUT2D eigenvalue weighted by Gasteiger charge is 2.04. The maximum atomic E-state index is 10.7. The number of hydrogen-bond donors (Lipinski definition) is 2. The van der Waals surface area contributed by atoms with Crippen molar-refractivity contribution in [3.8, 4) is 0 Å². The van der Waals surface area contributed by atoms with E-state index in [-0.39, 0.29) is 0 Å². The quantitative estimate of drug-likeness (QED) is 0.432. The summed E-state index contributed by atoms with van der Waals surface area (Å²) in [5, 5.41) is 0. The fourth-order valence-electron chi connectivity index (χ4n) is 1.36. The van der Waals surface area contributed by atoms with Gasteiger partial charge < -0.3 is 0 Å². The van der Waals surface area contributed by atoms with Crippen molar-refractivity contribution < 1.29 is 4.79 Å². The predicted octanol–water partition coefficient (Wildman–Crippen LogP) is 1.59. The lowest BCUT2D eigenvalue weighted by Gasteiger charge is -2.09. The topological polar surface area (TPSA) is 55.1 Å². The van der Waals surface area contributed by atoms with Gasteiger partial charge in [0.1, 0.15) is 6.29 Å². The van der Waals surface area contributed by atoms with Crippen molar-refractivity contribution >= 4 is 6.29 Å². The second-order valence-electron chi connectivity index (χ2n) is 3.61. The highest BCUT2D eigenvalue weighted by molar-refractivity contribution is 5.77. The summed E-state index contributed by atoms with van der Waals surface area (Å²) in [6.45, 7) is 4.76. The van der Waals surface area contributed by atoms with E-state index in [1.807, 2.05) is 18.2 Å². The van der Waals surface area contributed by atoms with Gasteiger partial charge in [-0.1, -0.05) is 32.0 Å². The van der Waals surface area contributed by atoms with Crippen molar-refractivity contribution in [2.75, 3.05) is 0 Å². The summed E-state index contributed by atoms with van der Waals surface area (Å²) in [5.74, 6) is 5.71. The van der Waals surface area contributed by atoms with Gasteiger partial charge in [0.2, 0.25) is 0 Å². The number of aldehydes is 1. The number of rotatable bonds is 4. The van der Waals surface area contributed by atoms with Crippen molar-refractivity contribution in [1.29, 1.82) is 0 Å². The maximum Gasteiger partial charge on any atom is 0.150 e. The molecule has 0 saturated carbocycles. The molecule has 0 fully saturated rings. The molecule has 3 heteroatoms. The average Bonchev–Trinajstić information content (AvgIpc) is 2.18. The van der Waals surface area contributed by atoms with Crippen LogP contribution in [0.3, 0.4) is 0 Å². The molecule has 0 radical (unpaired) electrons. The van der Waals surface area contributed by atoms with Crippen LogP contribution in [0.1, 0.15) is 41.3 Å². The molecule has 3 N–H and O–H groups in total. The molecule has 0 bridgehead atoms. The van der Waals surface area contributed by atoms with E-state index in [1.54, 1.807) is 0 Å². The molecule has 0 unspecified atom stereocenters. The van der Waals surface area contributed by atoms with Crippen LogP contribution in [0.2, 0.25) is 0 Å². The molecular weight excluding hydrogens is 176 g/mol. The Hall–Kier alpha value is -1.19. The Morgan fingerprint density at radius 1 is 1.50 bits per heavy atom. The molecule has 0 aromatic heterocycles. The van der Waals surface area contributed by atoms with Crippen LogP contribution in [0, 0.1) is 0 Å². The Morgan fingerprint density at radius 3 is 2.71 bits per heavy atom. The standard InChI is InChI=1S/C11H16N2O/c1-8(2)9-3-4-10(7-14)11(5-9)6-13-12/h3-5,7-8,13H,6,12H2,1-2H3. The first-order valence-corrected chi connectivity index (χ1v) is 4.70. The Morgan fingerprint density at radius 2 is 2.21 bits per heavy atom. The third-order valence-corrected chi connectivity index (χ3v) is 2.25. The summed E-state index contributed by atoms with van der Waals surface area (Å²) in [5.41, 5.74) is 5.44. The van der Waals surface area contributed by atoms with Crippen LogP contribution in [0.5, 0.6) is 0 Å². The largest absolute Gasteiger partial charge is 0.298 e. The number of hydrazine groups is 1. The fourth-order valence-corrected chi connectivity index (χ4v) is 1.36. The Balaban J connectivity index is 3.06. The van der Waals surface area contributed by atoms with Crippen LogP contribution in [0.4, 0.5) is 0 Å². The normalized spacial score (nSPS) is 10.6. The minimum atomic E-state index is 0.465. The van der Waals surface area contributed by atoms with E-state index >= 15 is 0 Å². The zero-order chi connectivity index (χ0) is 10.6. The molecule has 1 aromatic rings. The number of benzene rings is 1. The van der Waals surface area contributed by atoms with Crippen LogP contribution in [-0.4, -0.2) is 6.29 Å². The first-order chi connectivity index (χ1) is 6.69. The molecule has 0 amide bonds. The lowest BCUT2D eigenvalue weighted by molar-refractivity contribution is 0.112. The molecular formula is C11H16N2O. The lowest BCUT2D eigenvalue weighted by Crippen LogP contribution is -2.21. The molecule has 0 spiro atoms. The van der Waals surface area contributed by atoms with Gasteiger partial charge in [-0.3, -0.25) is 16.1 Å². The smallest absolute Gasteiger partial charge is 0.150 e. The summed E-state index contributed by atoms with van der Waals surface area (Å²) in [6, 6.07) is 5.84. The van der Waals surface area contributed by atoms with E-state index in [2.05, 4.69) is 19.3 Å². The minimum Gasteiger partial charge on any atom is -0.298 e. The highest BCUT2D eigenvalue weighted by Crippen LogP contribution is 2.17. The number of carbonyl (C=O) groups is 1. The third-order valence-electron chi connectivity index (χ3n) is 2.25. The van der Waals surface area contributed by atoms with Gasteiger partial charge in [-0.2, -0.15) is 0 Å². The Labute approximate surface area is 84.3 Å². The second-order valence-corrected chi connectivity index (χ2v) is 3.61. The first kappa shape index (κ1) is 10.9. The molecule has 0 saturated heterocycles. The Kier molecular flexibility index (Phi) is 3.80. The summed E-state index contributed by atoms with van der Waals surface area (Å²) in [7, 11) is 0. The van der Waals surface area contributed by atoms with Crippen LogP contribution in [-0.2, 0) is 6.54 Å². The first-order valence-electron chi connectivity index (χ1n) is 4.70. The highest BCUT2D eigenvalue weighted by atomic mass is 16.1. The van der Waals surface area contributed by atoms with E-state index in [4.69, 9.17) is 5.84 Å². The van der Waals surface area contributed by atoms with Gasteiger partial charge in [0, 0.05) is 12.1 Å². The molecule has 0 aliphatic rings. The van der Waals surface area contributed by atoms with Crippen molar-refractivity contribution in [2.24, 2.45) is 5.84 Å². The summed E-state index contributed by atoms with van der Waals surface area (Å²) < 4.78 is 0. The molecule has 1 aromatic carbocycles. The second kappa shape index (κ2) is 4.88. The fraction of sp³-hybridized carbons (Fsp3) is 0.364. The molecule has 14 heavy (non-hydrogen) atoms. The van der Waals surface area contributed by atoms with Gasteiger partial charge in [-0.15, -0.1) is 0 Å². The molecule has 0 aliphatic heterocycles. The van der Waals surface area contributed by atoms with Gasteiger partial charge in [-0.05, 0) is 17.0 Å². The van der Waals surface area contributed by atoms with E-state index in [0.717, 1.165) is 11.8 Å². The van der Waals surface area contributed by atoms with Gasteiger partial charge in [0.25, 0.3) is 0 Å². The van der Waals surface area contributed by atoms with Gasteiger partial charge >= 0.3 is 0 Å². The molecule has 1 rings (SSSR count). The lowest BCUT2D eigenvalue weighted by atomic mass is 9.98. The van der Waals surface area contributed by atoms with E-state index in [1.165, 1.54) is 5.56 Å². The SMILES string of the molecule is CC(C)c1ccc(C=O)c(CNN)c1. The van der Waals surface area contributed by atoms with E-state index in [9.17, 15) is 4.79 Å². The van der Waals surface area contributed by atoms with E-state index in [0.29, 0.717) is 18.0 Å². The zero-order valence-corrected chi connectivity index (χ0v) is 8.58. The van der Waals surface area contributed by atoms with Crippen molar-refractivity contribution in [1.82, 2.24) is 5.43 Å². The van der Waals surface area contributed by atoms with Crippen molar-refractivity contribution in [3.63, 3.8) is 0 Å². The van der Waals surface area contributed by atoms with Crippen LogP contribution in [0.15, 0.2) is 18.2 Å². The van der Waals surface area contributed by atoms with Crippen LogP contribution < -0.4 is 11.3 Å². The van der Waals surface area contributed by atoms with Gasteiger partial charge in [0.05, 0.1) is 0 Å². The van der Waals surface area contributed by atoms with E-state index < -0.39 is 0 Å². The molecule has 0 atom stereocenters. The number of carbonyl (C=O) groups excluding carboxylic acids is 1. The monoisotopic (exact) mass is 192 g/mol. The van der Waals surface area contributed by atoms with Gasteiger partial charge in [-0.25, -0.2) is 0 Å². The minimum absolute atomic E-state index is 0.465. The summed E-state index contributed by atoms with van der Waals surface area (Å²) in [4.78, 5) is 10.7. The number of nitrogens with one attached hydrogen (secondary N) is 1. The zero-order valence-electron chi connectivity index (χ0n) is 8.58. The molecule has 76 valence electrons.